The van der Waals surface area contributed by atoms with Gasteiger partial charge in [0.25, 0.3) is 5.91 Å². The fourth-order valence-corrected chi connectivity index (χ4v) is 1.84. The molecule has 6 heteroatoms. The molecule has 0 saturated carbocycles. The Morgan fingerprint density at radius 2 is 1.86 bits per heavy atom. The predicted octanol–water partition coefficient (Wildman–Crippen LogP) is 1.80. The molecule has 0 bridgehead atoms. The van der Waals surface area contributed by atoms with Crippen LogP contribution in [0.4, 0.5) is 5.82 Å². The van der Waals surface area contributed by atoms with Gasteiger partial charge in [-0.3, -0.25) is 4.79 Å². The third-order valence-electron chi connectivity index (χ3n) is 2.96. The van der Waals surface area contributed by atoms with Crippen molar-refractivity contribution >= 4 is 17.7 Å². The minimum absolute atomic E-state index is 0.227. The van der Waals surface area contributed by atoms with E-state index in [0.717, 1.165) is 11.3 Å². The minimum Gasteiger partial charge on any atom is -0.478 e. The Morgan fingerprint density at radius 3 is 2.43 bits per heavy atom. The summed E-state index contributed by atoms with van der Waals surface area (Å²) in [6, 6.07) is 9.80. The quantitative estimate of drug-likeness (QED) is 0.776. The van der Waals surface area contributed by atoms with Crippen molar-refractivity contribution in [3.05, 3.63) is 58.8 Å². The minimum atomic E-state index is -0.967. The number of amides is 1. The van der Waals surface area contributed by atoms with Gasteiger partial charge in [0.2, 0.25) is 0 Å². The van der Waals surface area contributed by atoms with E-state index in [0.29, 0.717) is 17.9 Å². The van der Waals surface area contributed by atoms with E-state index >= 15 is 0 Å². The number of aryl methyl sites for hydroxylation is 1. The number of carboxylic acid groups (broad SMARTS) is 1. The van der Waals surface area contributed by atoms with Gasteiger partial charge in [-0.25, -0.2) is 9.78 Å². The molecule has 4 N–H and O–H groups in total. The molecule has 108 valence electrons. The zero-order chi connectivity index (χ0) is 15.4. The zero-order valence-corrected chi connectivity index (χ0v) is 11.5. The van der Waals surface area contributed by atoms with Crippen LogP contribution in [0.5, 0.6) is 0 Å². The summed E-state index contributed by atoms with van der Waals surface area (Å²) in [5, 5.41) is 11.9. The number of nitrogens with two attached hydrogens (primary N) is 1. The van der Waals surface area contributed by atoms with Crippen LogP contribution >= 0.6 is 0 Å². The van der Waals surface area contributed by atoms with Crippen LogP contribution in [0.15, 0.2) is 36.4 Å². The van der Waals surface area contributed by atoms with Crippen LogP contribution in [0.3, 0.4) is 0 Å². The first kappa shape index (κ1) is 14.5. The third kappa shape index (κ3) is 3.56. The molecule has 0 atom stereocenters. The van der Waals surface area contributed by atoms with Gasteiger partial charge in [0, 0.05) is 12.2 Å². The van der Waals surface area contributed by atoms with E-state index in [1.807, 2.05) is 6.92 Å². The average molecular weight is 285 g/mol. The number of nitrogens with zero attached hydrogens (tertiary/aromatic N) is 1. The van der Waals surface area contributed by atoms with E-state index in [9.17, 15) is 9.59 Å². The maximum absolute atomic E-state index is 11.3. The number of nitrogens with one attached hydrogen (secondary N) is 1. The van der Waals surface area contributed by atoms with Gasteiger partial charge in [-0.15, -0.1) is 0 Å². The molecule has 0 aliphatic heterocycles. The number of benzene rings is 1. The van der Waals surface area contributed by atoms with Crippen LogP contribution in [0.1, 0.15) is 32.0 Å². The van der Waals surface area contributed by atoms with E-state index in [2.05, 4.69) is 10.3 Å². The van der Waals surface area contributed by atoms with Crippen LogP contribution in [-0.4, -0.2) is 22.0 Å². The summed E-state index contributed by atoms with van der Waals surface area (Å²) >= 11 is 0. The Labute approximate surface area is 121 Å². The molecule has 2 rings (SSSR count). The first-order valence-electron chi connectivity index (χ1n) is 6.31. The van der Waals surface area contributed by atoms with Gasteiger partial charge >= 0.3 is 5.97 Å². The number of aromatic nitrogens is 1. The number of anilines is 1. The molecule has 1 amide bonds. The van der Waals surface area contributed by atoms with Crippen molar-refractivity contribution in [1.29, 1.82) is 0 Å². The Balaban J connectivity index is 2.14. The van der Waals surface area contributed by atoms with E-state index in [1.165, 1.54) is 12.1 Å². The van der Waals surface area contributed by atoms with Crippen molar-refractivity contribution in [2.24, 2.45) is 5.73 Å². The predicted molar refractivity (Wildman–Crippen MR) is 78.2 cm³/mol. The number of rotatable bonds is 5. The highest BCUT2D eigenvalue weighted by molar-refractivity contribution is 5.97. The van der Waals surface area contributed by atoms with Gasteiger partial charge in [-0.1, -0.05) is 12.1 Å². The van der Waals surface area contributed by atoms with E-state index in [4.69, 9.17) is 10.8 Å². The van der Waals surface area contributed by atoms with Gasteiger partial charge in [0.15, 0.2) is 0 Å². The number of hydrogen-bond donors (Lipinski definition) is 3. The monoisotopic (exact) mass is 285 g/mol. The van der Waals surface area contributed by atoms with E-state index < -0.39 is 11.9 Å². The second-order valence-electron chi connectivity index (χ2n) is 4.57. The molecule has 1 heterocycles. The molecule has 0 saturated heterocycles. The number of carbonyl (C=O) groups excluding carboxylic acids is 1. The average Bonchev–Trinajstić information content (AvgIpc) is 2.45. The highest BCUT2D eigenvalue weighted by Crippen LogP contribution is 2.14. The number of carboxylic acids is 1. The van der Waals surface area contributed by atoms with Gasteiger partial charge < -0.3 is 16.2 Å². The molecule has 0 unspecified atom stereocenters. The Hall–Kier alpha value is -2.89. The highest BCUT2D eigenvalue weighted by Gasteiger charge is 2.09. The molecule has 1 aromatic heterocycles. The second-order valence-corrected chi connectivity index (χ2v) is 4.57. The fraction of sp³-hybridized carbons (Fsp3) is 0.133. The van der Waals surface area contributed by atoms with Gasteiger partial charge in [-0.05, 0) is 36.8 Å². The van der Waals surface area contributed by atoms with Gasteiger partial charge in [0.1, 0.15) is 5.82 Å². The Morgan fingerprint density at radius 1 is 1.19 bits per heavy atom. The highest BCUT2D eigenvalue weighted by atomic mass is 16.4. The topological polar surface area (TPSA) is 105 Å². The molecule has 0 fully saturated rings. The maximum Gasteiger partial charge on any atom is 0.335 e. The summed E-state index contributed by atoms with van der Waals surface area (Å²) in [7, 11) is 0. The summed E-state index contributed by atoms with van der Waals surface area (Å²) in [5.74, 6) is -1.10. The van der Waals surface area contributed by atoms with Gasteiger partial charge in [0.05, 0.1) is 11.1 Å². The lowest BCUT2D eigenvalue weighted by Gasteiger charge is -2.10. The third-order valence-corrected chi connectivity index (χ3v) is 2.96. The molecule has 0 radical (unpaired) electrons. The summed E-state index contributed by atoms with van der Waals surface area (Å²) in [6.07, 6.45) is 0. The fourth-order valence-electron chi connectivity index (χ4n) is 1.84. The van der Waals surface area contributed by atoms with Crippen molar-refractivity contribution in [2.75, 3.05) is 5.32 Å². The van der Waals surface area contributed by atoms with Gasteiger partial charge in [-0.2, -0.15) is 0 Å². The Bertz CT molecular complexity index is 681. The first-order valence-corrected chi connectivity index (χ1v) is 6.31. The molecule has 0 aliphatic rings. The van der Waals surface area contributed by atoms with Crippen LogP contribution in [0, 0.1) is 6.92 Å². The molecule has 1 aromatic carbocycles. The molecule has 6 nitrogen and oxygen atoms in total. The number of aromatic carboxylic acids is 1. The summed E-state index contributed by atoms with van der Waals surface area (Å²) in [4.78, 5) is 26.4. The molecule has 21 heavy (non-hydrogen) atoms. The lowest BCUT2D eigenvalue weighted by molar-refractivity contribution is 0.0696. The largest absolute Gasteiger partial charge is 0.478 e. The normalized spacial score (nSPS) is 10.1. The SMILES string of the molecule is Cc1ccc(C(N)=O)c(NCc2ccc(C(=O)O)cc2)n1. The second kappa shape index (κ2) is 6.04. The number of hydrogen-bond acceptors (Lipinski definition) is 4. The smallest absolute Gasteiger partial charge is 0.335 e. The molecule has 0 spiro atoms. The summed E-state index contributed by atoms with van der Waals surface area (Å²) in [6.45, 7) is 2.23. The maximum atomic E-state index is 11.3. The lowest BCUT2D eigenvalue weighted by Crippen LogP contribution is -2.16. The Kier molecular flexibility index (Phi) is 4.18. The molecular formula is C15H15N3O3. The summed E-state index contributed by atoms with van der Waals surface area (Å²) < 4.78 is 0. The standard InChI is InChI=1S/C15H15N3O3/c1-9-2-7-12(13(16)19)14(18-9)17-8-10-3-5-11(6-4-10)15(20)21/h2-7H,8H2,1H3,(H2,16,19)(H,17,18)(H,20,21). The van der Waals surface area contributed by atoms with Crippen molar-refractivity contribution in [2.45, 2.75) is 13.5 Å². The molecule has 2 aromatic rings. The van der Waals surface area contributed by atoms with Crippen LogP contribution in [0.2, 0.25) is 0 Å². The first-order chi connectivity index (χ1) is 9.97. The molecule has 0 aliphatic carbocycles. The summed E-state index contributed by atoms with van der Waals surface area (Å²) in [5.41, 5.74) is 7.49. The number of primary amides is 1. The van der Waals surface area contributed by atoms with Crippen LogP contribution in [0.25, 0.3) is 0 Å². The number of pyridine rings is 1. The zero-order valence-electron chi connectivity index (χ0n) is 11.5. The van der Waals surface area contributed by atoms with Crippen molar-refractivity contribution in [3.8, 4) is 0 Å². The lowest BCUT2D eigenvalue weighted by atomic mass is 10.1. The molecular weight excluding hydrogens is 270 g/mol. The van der Waals surface area contributed by atoms with E-state index in [1.54, 1.807) is 24.3 Å². The van der Waals surface area contributed by atoms with Crippen molar-refractivity contribution < 1.29 is 14.7 Å². The van der Waals surface area contributed by atoms with Crippen molar-refractivity contribution in [3.63, 3.8) is 0 Å². The van der Waals surface area contributed by atoms with Crippen LogP contribution in [-0.2, 0) is 6.54 Å². The number of carbonyl (C=O) groups is 2. The van der Waals surface area contributed by atoms with E-state index in [-0.39, 0.29) is 5.56 Å². The van der Waals surface area contributed by atoms with Crippen molar-refractivity contribution in [1.82, 2.24) is 4.98 Å². The van der Waals surface area contributed by atoms with Crippen LogP contribution < -0.4 is 11.1 Å².